The minimum absolute atomic E-state index is 0.0222. The molecular formula is C14H26N4O2. The number of amidine groups is 1. The summed E-state index contributed by atoms with van der Waals surface area (Å²) in [7, 11) is 1.86. The Balaban J connectivity index is 2.02. The molecule has 1 aliphatic carbocycles. The first-order valence-corrected chi connectivity index (χ1v) is 7.52. The molecule has 1 heterocycles. The van der Waals surface area contributed by atoms with E-state index in [2.05, 4.69) is 17.0 Å². The predicted octanol–water partition coefficient (Wildman–Crippen LogP) is 0.846. The second-order valence-corrected chi connectivity index (χ2v) is 6.00. The summed E-state index contributed by atoms with van der Waals surface area (Å²) >= 11 is 0. The maximum atomic E-state index is 12.7. The van der Waals surface area contributed by atoms with Gasteiger partial charge in [0.05, 0.1) is 0 Å². The second kappa shape index (κ2) is 5.99. The topological polar surface area (TPSA) is 82.2 Å². The van der Waals surface area contributed by atoms with E-state index in [-0.39, 0.29) is 17.8 Å². The summed E-state index contributed by atoms with van der Waals surface area (Å²) in [4.78, 5) is 17.0. The van der Waals surface area contributed by atoms with E-state index in [4.69, 9.17) is 10.9 Å². The molecule has 1 saturated heterocycles. The van der Waals surface area contributed by atoms with Gasteiger partial charge in [0.15, 0.2) is 5.84 Å². The lowest BCUT2D eigenvalue weighted by Crippen LogP contribution is -2.57. The fraction of sp³-hybridized carbons (Fsp3) is 0.857. The summed E-state index contributed by atoms with van der Waals surface area (Å²) in [6.45, 7) is 5.31. The first-order chi connectivity index (χ1) is 9.55. The molecule has 1 aliphatic heterocycles. The second-order valence-electron chi connectivity index (χ2n) is 6.00. The number of nitrogens with zero attached hydrogens (tertiary/aromatic N) is 3. The normalized spacial score (nSPS) is 24.2. The number of nitrogens with two attached hydrogens (primary N) is 1. The molecule has 2 fully saturated rings. The minimum Gasteiger partial charge on any atom is -0.409 e. The van der Waals surface area contributed by atoms with Crippen LogP contribution in [-0.2, 0) is 4.79 Å². The summed E-state index contributed by atoms with van der Waals surface area (Å²) in [5.74, 6) is 0.0978. The van der Waals surface area contributed by atoms with Crippen molar-refractivity contribution in [3.8, 4) is 0 Å². The fourth-order valence-electron chi connectivity index (χ4n) is 3.33. The highest BCUT2D eigenvalue weighted by Crippen LogP contribution is 2.43. The van der Waals surface area contributed by atoms with Crippen LogP contribution in [-0.4, -0.2) is 59.5 Å². The van der Waals surface area contributed by atoms with Crippen molar-refractivity contribution in [3.05, 3.63) is 0 Å². The van der Waals surface area contributed by atoms with Crippen LogP contribution in [0.2, 0.25) is 0 Å². The molecule has 0 radical (unpaired) electrons. The van der Waals surface area contributed by atoms with E-state index in [1.165, 1.54) is 0 Å². The lowest BCUT2D eigenvalue weighted by molar-refractivity contribution is -0.143. The molecule has 0 aromatic heterocycles. The minimum atomic E-state index is -0.745. The van der Waals surface area contributed by atoms with Gasteiger partial charge in [-0.15, -0.1) is 0 Å². The smallest absolute Gasteiger partial charge is 0.236 e. The molecule has 0 spiro atoms. The van der Waals surface area contributed by atoms with Gasteiger partial charge < -0.3 is 20.7 Å². The highest BCUT2D eigenvalue weighted by atomic mass is 16.4. The van der Waals surface area contributed by atoms with Gasteiger partial charge in [-0.2, -0.15) is 0 Å². The van der Waals surface area contributed by atoms with E-state index in [0.717, 1.165) is 38.9 Å². The quantitative estimate of drug-likeness (QED) is 0.346. The number of hydrogen-bond donors (Lipinski definition) is 2. The molecule has 0 unspecified atom stereocenters. The van der Waals surface area contributed by atoms with Gasteiger partial charge in [0, 0.05) is 26.2 Å². The van der Waals surface area contributed by atoms with Gasteiger partial charge in [-0.1, -0.05) is 18.5 Å². The zero-order valence-corrected chi connectivity index (χ0v) is 12.5. The van der Waals surface area contributed by atoms with Gasteiger partial charge >= 0.3 is 0 Å². The van der Waals surface area contributed by atoms with Crippen LogP contribution < -0.4 is 5.73 Å². The molecule has 3 N–H and O–H groups in total. The molecule has 2 rings (SSSR count). The largest absolute Gasteiger partial charge is 0.409 e. The molecule has 6 nitrogen and oxygen atoms in total. The van der Waals surface area contributed by atoms with Crippen molar-refractivity contribution < 1.29 is 10.0 Å². The molecule has 2 aliphatic rings. The highest BCUT2D eigenvalue weighted by Gasteiger charge is 2.50. The Kier molecular flexibility index (Phi) is 4.52. The van der Waals surface area contributed by atoms with Crippen LogP contribution in [0.15, 0.2) is 5.16 Å². The van der Waals surface area contributed by atoms with Crippen LogP contribution in [0.4, 0.5) is 0 Å². The number of rotatable bonds is 4. The third-order valence-electron chi connectivity index (χ3n) is 5.09. The van der Waals surface area contributed by atoms with Crippen LogP contribution in [0.5, 0.6) is 0 Å². The van der Waals surface area contributed by atoms with Crippen molar-refractivity contribution in [1.29, 1.82) is 0 Å². The molecular weight excluding hydrogens is 256 g/mol. The Morgan fingerprint density at radius 2 is 2.05 bits per heavy atom. The van der Waals surface area contributed by atoms with Crippen molar-refractivity contribution in [2.75, 3.05) is 26.7 Å². The maximum Gasteiger partial charge on any atom is 0.236 e. The van der Waals surface area contributed by atoms with Gasteiger partial charge in [0.25, 0.3) is 0 Å². The van der Waals surface area contributed by atoms with Crippen LogP contribution in [0.3, 0.4) is 0 Å². The number of amides is 1. The van der Waals surface area contributed by atoms with E-state index in [9.17, 15) is 4.79 Å². The van der Waals surface area contributed by atoms with Crippen molar-refractivity contribution in [3.63, 3.8) is 0 Å². The van der Waals surface area contributed by atoms with Crippen LogP contribution in [0, 0.1) is 5.41 Å². The van der Waals surface area contributed by atoms with Crippen LogP contribution in [0.25, 0.3) is 0 Å². The van der Waals surface area contributed by atoms with E-state index >= 15 is 0 Å². The van der Waals surface area contributed by atoms with E-state index in [1.807, 2.05) is 11.9 Å². The first-order valence-electron chi connectivity index (χ1n) is 7.52. The van der Waals surface area contributed by atoms with Gasteiger partial charge in [-0.3, -0.25) is 4.79 Å². The Hall–Kier alpha value is -1.30. The number of hydrogen-bond acceptors (Lipinski definition) is 4. The average molecular weight is 282 g/mol. The average Bonchev–Trinajstić information content (AvgIpc) is 2.45. The number of carbonyl (C=O) groups is 1. The fourth-order valence-corrected chi connectivity index (χ4v) is 3.33. The number of oxime groups is 1. The molecule has 114 valence electrons. The Morgan fingerprint density at radius 3 is 2.45 bits per heavy atom. The molecule has 6 heteroatoms. The number of piperidine rings is 1. The summed E-state index contributed by atoms with van der Waals surface area (Å²) in [6, 6.07) is 0.272. The molecule has 1 amide bonds. The van der Waals surface area contributed by atoms with Crippen molar-refractivity contribution >= 4 is 11.7 Å². The van der Waals surface area contributed by atoms with Crippen molar-refractivity contribution in [1.82, 2.24) is 9.80 Å². The third kappa shape index (κ3) is 2.49. The lowest BCUT2D eigenvalue weighted by atomic mass is 9.66. The summed E-state index contributed by atoms with van der Waals surface area (Å²) < 4.78 is 0. The molecule has 0 atom stereocenters. The Bertz CT molecular complexity index is 385. The highest BCUT2D eigenvalue weighted by molar-refractivity contribution is 6.07. The van der Waals surface area contributed by atoms with Gasteiger partial charge in [0.2, 0.25) is 5.91 Å². The van der Waals surface area contributed by atoms with E-state index in [1.54, 1.807) is 0 Å². The standard InChI is InChI=1S/C14H26N4O2/c1-3-18-9-5-11(6-10-18)17(2)13(19)14(7-4-8-14)12(15)16-20/h11,20H,3-10H2,1-2H3,(H2,15,16). The third-order valence-corrected chi connectivity index (χ3v) is 5.09. The maximum absolute atomic E-state index is 12.7. The lowest BCUT2D eigenvalue weighted by Gasteiger charge is -2.45. The molecule has 0 aromatic carbocycles. The summed E-state index contributed by atoms with van der Waals surface area (Å²) in [6.07, 6.45) is 4.36. The first kappa shape index (κ1) is 15.1. The van der Waals surface area contributed by atoms with Gasteiger partial charge in [0.1, 0.15) is 5.41 Å². The van der Waals surface area contributed by atoms with E-state index < -0.39 is 5.41 Å². The zero-order valence-electron chi connectivity index (χ0n) is 12.5. The number of carbonyl (C=O) groups excluding carboxylic acids is 1. The summed E-state index contributed by atoms with van der Waals surface area (Å²) in [5.41, 5.74) is 5.02. The molecule has 1 saturated carbocycles. The SMILES string of the molecule is CCN1CCC(N(C)C(=O)C2(C(N)=NO)CCC2)CC1. The molecule has 0 bridgehead atoms. The molecule has 20 heavy (non-hydrogen) atoms. The van der Waals surface area contributed by atoms with Crippen LogP contribution >= 0.6 is 0 Å². The van der Waals surface area contributed by atoms with Crippen molar-refractivity contribution in [2.45, 2.75) is 45.1 Å². The summed E-state index contributed by atoms with van der Waals surface area (Å²) in [5, 5.41) is 12.0. The van der Waals surface area contributed by atoms with E-state index in [0.29, 0.717) is 12.8 Å². The van der Waals surface area contributed by atoms with Gasteiger partial charge in [-0.05, 0) is 32.2 Å². The van der Waals surface area contributed by atoms with Crippen LogP contribution in [0.1, 0.15) is 39.0 Å². The Labute approximate surface area is 120 Å². The monoisotopic (exact) mass is 282 g/mol. The predicted molar refractivity (Wildman–Crippen MR) is 77.6 cm³/mol. The van der Waals surface area contributed by atoms with Crippen molar-refractivity contribution in [2.24, 2.45) is 16.3 Å². The Morgan fingerprint density at radius 1 is 1.45 bits per heavy atom. The van der Waals surface area contributed by atoms with Gasteiger partial charge in [-0.25, -0.2) is 0 Å². The zero-order chi connectivity index (χ0) is 14.8. The number of likely N-dealkylation sites (tertiary alicyclic amines) is 1. The molecule has 0 aromatic rings.